The Labute approximate surface area is 254 Å². The van der Waals surface area contributed by atoms with Gasteiger partial charge in [0.2, 0.25) is 0 Å². The van der Waals surface area contributed by atoms with Crippen LogP contribution in [-0.2, 0) is 24.6 Å². The van der Waals surface area contributed by atoms with Crippen molar-refractivity contribution in [2.75, 3.05) is 12.0 Å². The Kier molecular flexibility index (Phi) is 9.99. The number of anilines is 1. The van der Waals surface area contributed by atoms with E-state index in [0.29, 0.717) is 5.75 Å². The molecule has 8 nitrogen and oxygen atoms in total. The molecule has 0 heterocycles. The summed E-state index contributed by atoms with van der Waals surface area (Å²) in [5, 5.41) is 11.8. The average Bonchev–Trinajstić information content (AvgIpc) is 2.99. The van der Waals surface area contributed by atoms with Crippen LogP contribution in [-0.4, -0.2) is 24.1 Å². The molecule has 0 unspecified atom stereocenters. The molecule has 0 saturated heterocycles. The van der Waals surface area contributed by atoms with E-state index in [1.54, 1.807) is 54.6 Å². The minimum absolute atomic E-state index is 0.00157. The molecule has 0 aliphatic heterocycles. The predicted octanol–water partition coefficient (Wildman–Crippen LogP) is 8.16. The van der Waals surface area contributed by atoms with E-state index in [-0.39, 0.29) is 45.2 Å². The van der Waals surface area contributed by atoms with Crippen molar-refractivity contribution in [3.63, 3.8) is 0 Å². The van der Waals surface area contributed by atoms with E-state index < -0.39 is 34.9 Å². The van der Waals surface area contributed by atoms with Crippen molar-refractivity contribution in [1.82, 2.24) is 0 Å². The molecular formula is C30H23Cl2F3N2O6. The maximum Gasteiger partial charge on any atom is 0.471 e. The summed E-state index contributed by atoms with van der Waals surface area (Å²) in [7, 11) is 1.52. The van der Waals surface area contributed by atoms with Gasteiger partial charge >= 0.3 is 12.1 Å². The molecule has 4 aromatic carbocycles. The minimum atomic E-state index is -5.37. The number of benzene rings is 4. The molecule has 224 valence electrons. The third-order valence-electron chi connectivity index (χ3n) is 6.15. The van der Waals surface area contributed by atoms with Crippen molar-refractivity contribution in [3.8, 4) is 17.2 Å². The molecule has 0 aromatic heterocycles. The lowest BCUT2D eigenvalue weighted by molar-refractivity contribution is -0.384. The van der Waals surface area contributed by atoms with Crippen molar-refractivity contribution in [2.24, 2.45) is 0 Å². The van der Waals surface area contributed by atoms with Gasteiger partial charge in [-0.05, 0) is 47.0 Å². The fourth-order valence-electron chi connectivity index (χ4n) is 3.98. The van der Waals surface area contributed by atoms with Crippen molar-refractivity contribution in [1.29, 1.82) is 0 Å². The second-order valence-corrected chi connectivity index (χ2v) is 9.90. The Balaban J connectivity index is 1.68. The van der Waals surface area contributed by atoms with Gasteiger partial charge in [-0.25, -0.2) is 0 Å². The highest BCUT2D eigenvalue weighted by Gasteiger charge is 2.45. The van der Waals surface area contributed by atoms with E-state index in [1.165, 1.54) is 25.3 Å². The summed E-state index contributed by atoms with van der Waals surface area (Å²) in [6, 6.07) is 21.6. The summed E-state index contributed by atoms with van der Waals surface area (Å²) in [6.45, 7) is -0.721. The van der Waals surface area contributed by atoms with Gasteiger partial charge < -0.3 is 14.2 Å². The van der Waals surface area contributed by atoms with Crippen LogP contribution in [0.2, 0.25) is 10.0 Å². The SMILES string of the molecule is COc1ccc(COc2cc(CN(C(=O)C(F)(F)F)c3cc(OCc4ccccc4)ccc3[N+](=O)[O-])c(Cl)cc2Cl)cc1. The highest BCUT2D eigenvalue weighted by atomic mass is 35.5. The topological polar surface area (TPSA) is 91.1 Å². The van der Waals surface area contributed by atoms with Crippen LogP contribution in [0.5, 0.6) is 17.2 Å². The summed E-state index contributed by atoms with van der Waals surface area (Å²) in [5.41, 5.74) is 0.111. The molecule has 4 rings (SSSR count). The molecule has 0 aliphatic carbocycles. The van der Waals surface area contributed by atoms with E-state index in [1.807, 2.05) is 0 Å². The predicted molar refractivity (Wildman–Crippen MR) is 155 cm³/mol. The van der Waals surface area contributed by atoms with Crippen LogP contribution in [0.25, 0.3) is 0 Å². The maximum atomic E-state index is 13.8. The second-order valence-electron chi connectivity index (χ2n) is 9.08. The highest BCUT2D eigenvalue weighted by molar-refractivity contribution is 6.36. The molecule has 0 spiro atoms. The van der Waals surface area contributed by atoms with Gasteiger partial charge in [0.25, 0.3) is 5.69 Å². The van der Waals surface area contributed by atoms with Gasteiger partial charge in [-0.15, -0.1) is 0 Å². The van der Waals surface area contributed by atoms with Crippen LogP contribution in [0.3, 0.4) is 0 Å². The monoisotopic (exact) mass is 634 g/mol. The zero-order chi connectivity index (χ0) is 31.1. The first-order chi connectivity index (χ1) is 20.5. The summed E-state index contributed by atoms with van der Waals surface area (Å²) in [4.78, 5) is 23.9. The lowest BCUT2D eigenvalue weighted by Gasteiger charge is -2.25. The van der Waals surface area contributed by atoms with Gasteiger partial charge in [0, 0.05) is 17.2 Å². The van der Waals surface area contributed by atoms with Crippen LogP contribution in [0, 0.1) is 10.1 Å². The standard InChI is InChI=1S/C30H23Cl2F3N2O6/c1-41-22-9-7-20(8-10-22)18-43-28-13-21(24(31)15-25(28)32)16-36(29(38)30(33,34)35)27-14-23(11-12-26(27)37(39)40)42-17-19-5-3-2-4-6-19/h2-15H,16-18H2,1H3. The number of rotatable bonds is 11. The van der Waals surface area contributed by atoms with Crippen molar-refractivity contribution in [2.45, 2.75) is 25.9 Å². The van der Waals surface area contributed by atoms with Gasteiger partial charge in [0.05, 0.1) is 23.6 Å². The normalized spacial score (nSPS) is 11.1. The molecule has 0 aliphatic rings. The van der Waals surface area contributed by atoms with Crippen LogP contribution >= 0.6 is 23.2 Å². The first-order valence-corrected chi connectivity index (χ1v) is 13.3. The smallest absolute Gasteiger partial charge is 0.471 e. The third-order valence-corrected chi connectivity index (χ3v) is 6.80. The van der Waals surface area contributed by atoms with Gasteiger partial charge in [0.1, 0.15) is 36.1 Å². The number of nitrogens with zero attached hydrogens (tertiary/aromatic N) is 2. The van der Waals surface area contributed by atoms with Crippen molar-refractivity contribution >= 4 is 40.5 Å². The molecule has 0 fully saturated rings. The number of amides is 1. The van der Waals surface area contributed by atoms with Crippen LogP contribution in [0.1, 0.15) is 16.7 Å². The average molecular weight is 635 g/mol. The van der Waals surface area contributed by atoms with Gasteiger partial charge in [-0.1, -0.05) is 65.7 Å². The van der Waals surface area contributed by atoms with Gasteiger partial charge in [-0.3, -0.25) is 19.8 Å². The first-order valence-electron chi connectivity index (χ1n) is 12.5. The number of alkyl halides is 3. The fraction of sp³-hybridized carbons (Fsp3) is 0.167. The highest BCUT2D eigenvalue weighted by Crippen LogP contribution is 2.38. The Morgan fingerprint density at radius 3 is 2.12 bits per heavy atom. The molecule has 0 N–H and O–H groups in total. The van der Waals surface area contributed by atoms with Gasteiger partial charge in [-0.2, -0.15) is 13.2 Å². The number of carbonyl (C=O) groups excluding carboxylic acids is 1. The molecular weight excluding hydrogens is 612 g/mol. The second kappa shape index (κ2) is 13.7. The summed E-state index contributed by atoms with van der Waals surface area (Å²) in [6.07, 6.45) is -5.37. The van der Waals surface area contributed by atoms with Crippen LogP contribution < -0.4 is 19.1 Å². The van der Waals surface area contributed by atoms with E-state index in [0.717, 1.165) is 23.3 Å². The number of methoxy groups -OCH3 is 1. The zero-order valence-electron chi connectivity index (χ0n) is 22.4. The number of nitro groups is 1. The third kappa shape index (κ3) is 8.08. The maximum absolute atomic E-state index is 13.8. The molecule has 0 saturated carbocycles. The number of halogens is 5. The number of nitro benzene ring substituents is 1. The quantitative estimate of drug-likeness (QED) is 0.122. The summed E-state index contributed by atoms with van der Waals surface area (Å²) in [5.74, 6) is -1.63. The molecule has 4 aromatic rings. The number of carbonyl (C=O) groups is 1. The minimum Gasteiger partial charge on any atom is -0.497 e. The Morgan fingerprint density at radius 2 is 1.49 bits per heavy atom. The van der Waals surface area contributed by atoms with Crippen LogP contribution in [0.4, 0.5) is 24.5 Å². The lowest BCUT2D eigenvalue weighted by atomic mass is 10.1. The van der Waals surface area contributed by atoms with E-state index >= 15 is 0 Å². The zero-order valence-corrected chi connectivity index (χ0v) is 23.9. The molecule has 0 radical (unpaired) electrons. The number of hydrogen-bond acceptors (Lipinski definition) is 6. The Morgan fingerprint density at radius 1 is 0.860 bits per heavy atom. The summed E-state index contributed by atoms with van der Waals surface area (Å²) >= 11 is 12.6. The van der Waals surface area contributed by atoms with Crippen molar-refractivity contribution < 1.29 is 37.1 Å². The van der Waals surface area contributed by atoms with E-state index in [2.05, 4.69) is 0 Å². The number of hydrogen-bond donors (Lipinski definition) is 0. The summed E-state index contributed by atoms with van der Waals surface area (Å²) < 4.78 is 58.0. The molecule has 0 atom stereocenters. The molecule has 43 heavy (non-hydrogen) atoms. The Hall–Kier alpha value is -4.48. The van der Waals surface area contributed by atoms with Crippen molar-refractivity contribution in [3.05, 3.63) is 122 Å². The fourth-order valence-corrected chi connectivity index (χ4v) is 4.48. The molecule has 13 heteroatoms. The lowest BCUT2D eigenvalue weighted by Crippen LogP contribution is -2.41. The number of ether oxygens (including phenoxy) is 3. The molecule has 0 bridgehead atoms. The first kappa shape index (κ1) is 31.5. The van der Waals surface area contributed by atoms with Gasteiger partial charge in [0.15, 0.2) is 0 Å². The largest absolute Gasteiger partial charge is 0.497 e. The van der Waals surface area contributed by atoms with E-state index in [9.17, 15) is 28.1 Å². The van der Waals surface area contributed by atoms with E-state index in [4.69, 9.17) is 37.4 Å². The van der Waals surface area contributed by atoms with Crippen LogP contribution in [0.15, 0.2) is 84.9 Å². The molecule has 1 amide bonds. The Bertz CT molecular complexity index is 1600.